The Morgan fingerprint density at radius 2 is 2.06 bits per heavy atom. The summed E-state index contributed by atoms with van der Waals surface area (Å²) in [6.45, 7) is 4.70. The van der Waals surface area contributed by atoms with E-state index in [2.05, 4.69) is 9.88 Å². The van der Waals surface area contributed by atoms with Gasteiger partial charge in [-0.25, -0.2) is 9.78 Å². The van der Waals surface area contributed by atoms with Crippen molar-refractivity contribution in [1.82, 2.24) is 14.5 Å². The number of thiazole rings is 1. The molecule has 1 saturated heterocycles. The van der Waals surface area contributed by atoms with Crippen LogP contribution in [0.4, 0.5) is 0 Å². The first kappa shape index (κ1) is 20.4. The lowest BCUT2D eigenvalue weighted by atomic mass is 9.83. The standard InChI is InChI=1S/C25H23N3O4S/c1-14-13-33-24(26-14)18-8-16-5-6-21(29)19(23(16)32-25(18)31)12-27-9-15-7-17(11-27)20-3-2-4-22(30)28(20)10-15/h2-6,8,13,15,17,29H,7,9-12H2,1H3/t15-,17+/m1/s1. The number of phenolic OH excluding ortho intramolecular Hbond substituents is 1. The fourth-order valence-electron chi connectivity index (χ4n) is 5.36. The molecule has 2 aliphatic rings. The molecule has 0 spiro atoms. The van der Waals surface area contributed by atoms with Gasteiger partial charge >= 0.3 is 5.63 Å². The predicted molar refractivity (Wildman–Crippen MR) is 127 cm³/mol. The third-order valence-corrected chi connectivity index (χ3v) is 7.76. The molecule has 4 aromatic rings. The molecule has 2 aliphatic heterocycles. The number of pyridine rings is 1. The van der Waals surface area contributed by atoms with Gasteiger partial charge in [-0.05, 0) is 43.5 Å². The quantitative estimate of drug-likeness (QED) is 0.468. The van der Waals surface area contributed by atoms with E-state index in [1.807, 2.05) is 29.0 Å². The number of likely N-dealkylation sites (tertiary alicyclic amines) is 1. The van der Waals surface area contributed by atoms with Gasteiger partial charge in [0.15, 0.2) is 0 Å². The Labute approximate surface area is 193 Å². The van der Waals surface area contributed by atoms with Crippen LogP contribution in [0.15, 0.2) is 55.8 Å². The van der Waals surface area contributed by atoms with Crippen LogP contribution in [0.1, 0.15) is 29.3 Å². The SMILES string of the molecule is Cc1csc(-c2cc3ccc(O)c(CN4C[C@H]5C[C@@H](C4)c4cccc(=O)n4C5)c3oc2=O)n1. The van der Waals surface area contributed by atoms with Crippen molar-refractivity contribution >= 4 is 22.3 Å². The fourth-order valence-corrected chi connectivity index (χ4v) is 6.16. The minimum absolute atomic E-state index is 0.0651. The van der Waals surface area contributed by atoms with E-state index in [0.29, 0.717) is 34.2 Å². The smallest absolute Gasteiger partial charge is 0.346 e. The molecule has 0 unspecified atom stereocenters. The van der Waals surface area contributed by atoms with E-state index in [4.69, 9.17) is 4.42 Å². The molecule has 1 fully saturated rings. The Kier molecular flexibility index (Phi) is 4.74. The first-order chi connectivity index (χ1) is 16.0. The summed E-state index contributed by atoms with van der Waals surface area (Å²) in [7, 11) is 0. The van der Waals surface area contributed by atoms with E-state index in [0.717, 1.165) is 42.8 Å². The minimum Gasteiger partial charge on any atom is -0.507 e. The number of hydrogen-bond donors (Lipinski definition) is 1. The maximum Gasteiger partial charge on any atom is 0.346 e. The molecule has 6 rings (SSSR count). The van der Waals surface area contributed by atoms with Crippen LogP contribution in [0, 0.1) is 12.8 Å². The maximum atomic E-state index is 12.8. The van der Waals surface area contributed by atoms with Crippen molar-refractivity contribution in [2.45, 2.75) is 32.4 Å². The van der Waals surface area contributed by atoms with Gasteiger partial charge in [-0.2, -0.15) is 0 Å². The van der Waals surface area contributed by atoms with Gasteiger partial charge in [0.05, 0.1) is 11.1 Å². The summed E-state index contributed by atoms with van der Waals surface area (Å²) in [5.41, 5.74) is 3.04. The molecule has 3 aromatic heterocycles. The molecular weight excluding hydrogens is 438 g/mol. The van der Waals surface area contributed by atoms with Crippen molar-refractivity contribution in [3.63, 3.8) is 0 Å². The lowest BCUT2D eigenvalue weighted by Crippen LogP contribution is -2.46. The van der Waals surface area contributed by atoms with Crippen molar-refractivity contribution in [2.75, 3.05) is 13.1 Å². The number of benzene rings is 1. The number of aryl methyl sites for hydroxylation is 1. The summed E-state index contributed by atoms with van der Waals surface area (Å²) in [6, 6.07) is 10.7. The molecule has 168 valence electrons. The second-order valence-corrected chi connectivity index (χ2v) is 9.97. The number of aromatic hydroxyl groups is 1. The van der Waals surface area contributed by atoms with Crippen LogP contribution in [-0.4, -0.2) is 32.6 Å². The number of piperidine rings is 1. The largest absolute Gasteiger partial charge is 0.507 e. The molecule has 0 saturated carbocycles. The number of fused-ring (bicyclic) bond motifs is 5. The number of aromatic nitrogens is 2. The Morgan fingerprint density at radius 1 is 1.18 bits per heavy atom. The third-order valence-electron chi connectivity index (χ3n) is 6.77. The summed E-state index contributed by atoms with van der Waals surface area (Å²) >= 11 is 1.41. The second kappa shape index (κ2) is 7.67. The topological polar surface area (TPSA) is 88.6 Å². The maximum absolute atomic E-state index is 12.8. The average molecular weight is 462 g/mol. The molecule has 2 bridgehead atoms. The highest BCUT2D eigenvalue weighted by Gasteiger charge is 2.35. The number of nitrogens with zero attached hydrogens (tertiary/aromatic N) is 3. The molecule has 2 atom stereocenters. The molecule has 5 heterocycles. The molecule has 0 aliphatic carbocycles. The Bertz CT molecular complexity index is 1500. The van der Waals surface area contributed by atoms with E-state index in [9.17, 15) is 14.7 Å². The molecule has 1 aromatic carbocycles. The fraction of sp³-hybridized carbons (Fsp3) is 0.320. The van der Waals surface area contributed by atoms with Gasteiger partial charge in [-0.15, -0.1) is 11.3 Å². The molecular formula is C25H23N3O4S. The van der Waals surface area contributed by atoms with Crippen LogP contribution in [-0.2, 0) is 13.1 Å². The van der Waals surface area contributed by atoms with Crippen molar-refractivity contribution in [2.24, 2.45) is 5.92 Å². The van der Waals surface area contributed by atoms with Gasteiger partial charge in [-0.1, -0.05) is 6.07 Å². The highest BCUT2D eigenvalue weighted by molar-refractivity contribution is 7.13. The molecule has 0 amide bonds. The van der Waals surface area contributed by atoms with Crippen LogP contribution in [0.3, 0.4) is 0 Å². The highest BCUT2D eigenvalue weighted by Crippen LogP contribution is 2.37. The lowest BCUT2D eigenvalue weighted by molar-refractivity contribution is 0.113. The van der Waals surface area contributed by atoms with Crippen molar-refractivity contribution in [1.29, 1.82) is 0 Å². The molecule has 0 radical (unpaired) electrons. The van der Waals surface area contributed by atoms with E-state index in [-0.39, 0.29) is 17.2 Å². The van der Waals surface area contributed by atoms with Gasteiger partial charge in [0.2, 0.25) is 0 Å². The van der Waals surface area contributed by atoms with Gasteiger partial charge in [-0.3, -0.25) is 9.69 Å². The summed E-state index contributed by atoms with van der Waals surface area (Å²) in [6.07, 6.45) is 1.06. The summed E-state index contributed by atoms with van der Waals surface area (Å²) in [5.74, 6) is 0.770. The molecule has 1 N–H and O–H groups in total. The van der Waals surface area contributed by atoms with Gasteiger partial charge in [0, 0.05) is 60.3 Å². The summed E-state index contributed by atoms with van der Waals surface area (Å²) in [4.78, 5) is 31.8. The van der Waals surface area contributed by atoms with Crippen LogP contribution >= 0.6 is 11.3 Å². The zero-order valence-corrected chi connectivity index (χ0v) is 19.0. The van der Waals surface area contributed by atoms with Gasteiger partial charge in [0.25, 0.3) is 5.56 Å². The summed E-state index contributed by atoms with van der Waals surface area (Å²) in [5, 5.41) is 14.0. The number of rotatable bonds is 3. The van der Waals surface area contributed by atoms with E-state index in [1.165, 1.54) is 11.3 Å². The highest BCUT2D eigenvalue weighted by atomic mass is 32.1. The molecule has 7 nitrogen and oxygen atoms in total. The van der Waals surface area contributed by atoms with E-state index < -0.39 is 5.63 Å². The zero-order valence-electron chi connectivity index (χ0n) is 18.2. The first-order valence-corrected chi connectivity index (χ1v) is 12.0. The van der Waals surface area contributed by atoms with Gasteiger partial charge in [0.1, 0.15) is 16.3 Å². The number of hydrogen-bond acceptors (Lipinski definition) is 7. The summed E-state index contributed by atoms with van der Waals surface area (Å²) < 4.78 is 7.66. The van der Waals surface area contributed by atoms with Crippen LogP contribution in [0.2, 0.25) is 0 Å². The van der Waals surface area contributed by atoms with Crippen LogP contribution in [0.25, 0.3) is 21.5 Å². The number of phenols is 1. The molecule has 33 heavy (non-hydrogen) atoms. The second-order valence-electron chi connectivity index (χ2n) is 9.12. The van der Waals surface area contributed by atoms with Crippen LogP contribution in [0.5, 0.6) is 5.75 Å². The normalized spacial score (nSPS) is 20.2. The Morgan fingerprint density at radius 3 is 2.88 bits per heavy atom. The lowest BCUT2D eigenvalue weighted by Gasteiger charge is -2.42. The molecule has 8 heteroatoms. The minimum atomic E-state index is -0.451. The monoisotopic (exact) mass is 461 g/mol. The Balaban J connectivity index is 1.35. The van der Waals surface area contributed by atoms with E-state index in [1.54, 1.807) is 24.3 Å². The average Bonchev–Trinajstić information content (AvgIpc) is 3.22. The van der Waals surface area contributed by atoms with Gasteiger partial charge < -0.3 is 14.1 Å². The predicted octanol–water partition coefficient (Wildman–Crippen LogP) is 3.71. The zero-order chi connectivity index (χ0) is 22.7. The van der Waals surface area contributed by atoms with Crippen LogP contribution < -0.4 is 11.2 Å². The third kappa shape index (κ3) is 3.50. The van der Waals surface area contributed by atoms with E-state index >= 15 is 0 Å². The first-order valence-electron chi connectivity index (χ1n) is 11.1. The Hall–Kier alpha value is -3.23. The van der Waals surface area contributed by atoms with Crippen molar-refractivity contribution in [3.8, 4) is 16.3 Å². The van der Waals surface area contributed by atoms with Crippen molar-refractivity contribution < 1.29 is 9.52 Å². The van der Waals surface area contributed by atoms with Crippen molar-refractivity contribution in [3.05, 3.63) is 79.5 Å².